The summed E-state index contributed by atoms with van der Waals surface area (Å²) < 4.78 is 80.7. The van der Waals surface area contributed by atoms with Gasteiger partial charge in [-0.1, -0.05) is 41.4 Å². The second-order valence-electron chi connectivity index (χ2n) is 9.99. The molecule has 3 aromatic carbocycles. The number of benzene rings is 3. The lowest BCUT2D eigenvalue weighted by Crippen LogP contribution is -2.39. The van der Waals surface area contributed by atoms with Crippen LogP contribution >= 0.6 is 23.2 Å². The molecule has 1 heterocycles. The minimum absolute atomic E-state index is 0.00294. The Hall–Kier alpha value is -3.70. The number of rotatable bonds is 9. The maximum atomic E-state index is 13.5. The maximum Gasteiger partial charge on any atom is 0.416 e. The van der Waals surface area contributed by atoms with Gasteiger partial charge in [-0.3, -0.25) is 9.59 Å². The van der Waals surface area contributed by atoms with Crippen LogP contribution in [0.25, 0.3) is 10.9 Å². The summed E-state index contributed by atoms with van der Waals surface area (Å²) >= 11 is 12.1. The zero-order valence-electron chi connectivity index (χ0n) is 22.5. The Balaban J connectivity index is 1.58. The molecule has 4 aromatic rings. The van der Waals surface area contributed by atoms with E-state index in [9.17, 15) is 35.9 Å². The number of nitrogens with one attached hydrogen (secondary N) is 2. The third-order valence-corrected chi connectivity index (χ3v) is 7.54. The fourth-order valence-electron chi connectivity index (χ4n) is 4.74. The van der Waals surface area contributed by atoms with Gasteiger partial charge in [-0.25, -0.2) is 0 Å². The van der Waals surface area contributed by atoms with E-state index in [1.54, 1.807) is 12.3 Å². The Morgan fingerprint density at radius 1 is 0.930 bits per heavy atom. The number of H-pyrrole nitrogens is 1. The van der Waals surface area contributed by atoms with Gasteiger partial charge in [0.1, 0.15) is 0 Å². The largest absolute Gasteiger partial charge is 0.416 e. The zero-order chi connectivity index (χ0) is 31.5. The Bertz CT molecular complexity index is 1600. The minimum Gasteiger partial charge on any atom is -0.361 e. The number of para-hydroxylation sites is 1. The molecular formula is C30H25Cl2F6N3O2. The van der Waals surface area contributed by atoms with Crippen LogP contribution in [0.4, 0.5) is 32.0 Å². The van der Waals surface area contributed by atoms with Gasteiger partial charge in [0, 0.05) is 47.2 Å². The van der Waals surface area contributed by atoms with Crippen LogP contribution in [0.3, 0.4) is 0 Å². The molecule has 0 aliphatic heterocycles. The van der Waals surface area contributed by atoms with Crippen molar-refractivity contribution in [2.24, 2.45) is 0 Å². The number of fused-ring (bicyclic) bond motifs is 1. The molecule has 0 saturated carbocycles. The van der Waals surface area contributed by atoms with Crippen molar-refractivity contribution in [1.29, 1.82) is 0 Å². The van der Waals surface area contributed by atoms with E-state index in [0.29, 0.717) is 22.8 Å². The van der Waals surface area contributed by atoms with Gasteiger partial charge in [0.2, 0.25) is 5.91 Å². The number of hydrogen-bond donors (Lipinski definition) is 2. The molecular weight excluding hydrogens is 619 g/mol. The van der Waals surface area contributed by atoms with Crippen molar-refractivity contribution in [3.05, 3.63) is 99.2 Å². The highest BCUT2D eigenvalue weighted by molar-refractivity contribution is 6.35. The Kier molecular flexibility index (Phi) is 9.66. The number of likely N-dealkylation sites (N-methyl/N-ethyl adjacent to an activating group) is 1. The SMILES string of the molecule is CN(C(=O)c1cc(C(F)(F)F)cc(C(F)(F)F)c1)C(CCCC(=O)Nc1cc(Cl)ccc1Cl)Cc1c[nH]c2ccccc12. The van der Waals surface area contributed by atoms with Crippen LogP contribution in [-0.2, 0) is 23.6 Å². The molecule has 0 saturated heterocycles. The van der Waals surface area contributed by atoms with Crippen LogP contribution in [0.5, 0.6) is 0 Å². The average molecular weight is 644 g/mol. The molecule has 0 fully saturated rings. The van der Waals surface area contributed by atoms with E-state index in [4.69, 9.17) is 23.2 Å². The number of alkyl halides is 6. The first kappa shape index (κ1) is 32.2. The number of halogens is 8. The Labute approximate surface area is 252 Å². The fourth-order valence-corrected chi connectivity index (χ4v) is 5.08. The van der Waals surface area contributed by atoms with Crippen molar-refractivity contribution in [3.63, 3.8) is 0 Å². The van der Waals surface area contributed by atoms with E-state index >= 15 is 0 Å². The highest BCUT2D eigenvalue weighted by Crippen LogP contribution is 2.37. The summed E-state index contributed by atoms with van der Waals surface area (Å²) in [5.41, 5.74) is -1.99. The predicted molar refractivity (Wildman–Crippen MR) is 153 cm³/mol. The third kappa shape index (κ3) is 8.03. The third-order valence-electron chi connectivity index (χ3n) is 6.98. The molecule has 1 unspecified atom stereocenters. The van der Waals surface area contributed by atoms with Crippen LogP contribution in [0.1, 0.15) is 46.3 Å². The molecule has 0 aliphatic rings. The van der Waals surface area contributed by atoms with Gasteiger partial charge in [0.05, 0.1) is 21.8 Å². The molecule has 4 rings (SSSR count). The molecule has 1 atom stereocenters. The van der Waals surface area contributed by atoms with Gasteiger partial charge in [-0.2, -0.15) is 26.3 Å². The second-order valence-corrected chi connectivity index (χ2v) is 10.8. The molecule has 0 spiro atoms. The van der Waals surface area contributed by atoms with Crippen LogP contribution in [-0.4, -0.2) is 34.8 Å². The van der Waals surface area contributed by atoms with Crippen molar-refractivity contribution < 1.29 is 35.9 Å². The number of nitrogens with zero attached hydrogens (tertiary/aromatic N) is 1. The first-order valence-corrected chi connectivity index (χ1v) is 13.8. The average Bonchev–Trinajstić information content (AvgIpc) is 3.35. The Morgan fingerprint density at radius 2 is 1.58 bits per heavy atom. The second kappa shape index (κ2) is 12.9. The summed E-state index contributed by atoms with van der Waals surface area (Å²) in [6.45, 7) is 0. The van der Waals surface area contributed by atoms with E-state index in [0.717, 1.165) is 21.4 Å². The number of amides is 2. The normalized spacial score (nSPS) is 12.8. The molecule has 228 valence electrons. The topological polar surface area (TPSA) is 65.2 Å². The lowest BCUT2D eigenvalue weighted by molar-refractivity contribution is -0.143. The number of hydrogen-bond acceptors (Lipinski definition) is 2. The minimum atomic E-state index is -5.10. The van der Waals surface area contributed by atoms with Crippen molar-refractivity contribution in [3.8, 4) is 0 Å². The van der Waals surface area contributed by atoms with Crippen LogP contribution in [0, 0.1) is 0 Å². The first-order valence-electron chi connectivity index (χ1n) is 13.0. The molecule has 2 amide bonds. The highest BCUT2D eigenvalue weighted by Gasteiger charge is 2.38. The monoisotopic (exact) mass is 643 g/mol. The standard InChI is InChI=1S/C30H25Cl2F6N3O2/c1-41(28(43)17-11-19(29(33,34)35)14-20(12-17)30(36,37)38)22(13-18-16-39-25-7-3-2-6-23(18)25)5-4-8-27(42)40-26-15-21(31)9-10-24(26)32/h2-3,6-7,9-12,14-16,22,39H,4-5,8,13H2,1H3,(H,40,42). The summed E-state index contributed by atoms with van der Waals surface area (Å²) in [4.78, 5) is 30.3. The van der Waals surface area contributed by atoms with E-state index in [-0.39, 0.29) is 36.8 Å². The van der Waals surface area contributed by atoms with Gasteiger partial charge in [-0.15, -0.1) is 0 Å². The highest BCUT2D eigenvalue weighted by atomic mass is 35.5. The molecule has 0 bridgehead atoms. The fraction of sp³-hybridized carbons (Fsp3) is 0.267. The summed E-state index contributed by atoms with van der Waals surface area (Å²) in [6.07, 6.45) is -7.80. The van der Waals surface area contributed by atoms with Gasteiger partial charge in [0.15, 0.2) is 0 Å². The first-order chi connectivity index (χ1) is 20.1. The lowest BCUT2D eigenvalue weighted by atomic mass is 9.97. The van der Waals surface area contributed by atoms with Crippen molar-refractivity contribution in [2.75, 3.05) is 12.4 Å². The quantitative estimate of drug-likeness (QED) is 0.179. The smallest absolute Gasteiger partial charge is 0.361 e. The number of carbonyl (C=O) groups excluding carboxylic acids is 2. The zero-order valence-corrected chi connectivity index (χ0v) is 24.1. The molecule has 0 radical (unpaired) electrons. The maximum absolute atomic E-state index is 13.5. The lowest BCUT2D eigenvalue weighted by Gasteiger charge is -2.29. The van der Waals surface area contributed by atoms with Gasteiger partial charge < -0.3 is 15.2 Å². The summed E-state index contributed by atoms with van der Waals surface area (Å²) in [5, 5.41) is 4.15. The van der Waals surface area contributed by atoms with Crippen molar-refractivity contribution >= 4 is 51.6 Å². The molecule has 2 N–H and O–H groups in total. The number of aromatic amines is 1. The van der Waals surface area contributed by atoms with Crippen LogP contribution in [0.15, 0.2) is 66.9 Å². The number of anilines is 1. The van der Waals surface area contributed by atoms with E-state index in [1.807, 2.05) is 24.3 Å². The number of carbonyl (C=O) groups is 2. The van der Waals surface area contributed by atoms with Crippen molar-refractivity contribution in [2.45, 2.75) is 44.1 Å². The van der Waals surface area contributed by atoms with Gasteiger partial charge >= 0.3 is 12.4 Å². The molecule has 5 nitrogen and oxygen atoms in total. The number of aromatic nitrogens is 1. The van der Waals surface area contributed by atoms with E-state index < -0.39 is 46.9 Å². The molecule has 13 heteroatoms. The van der Waals surface area contributed by atoms with Crippen molar-refractivity contribution in [1.82, 2.24) is 9.88 Å². The molecule has 1 aromatic heterocycles. The molecule has 43 heavy (non-hydrogen) atoms. The van der Waals surface area contributed by atoms with E-state index in [1.165, 1.54) is 19.2 Å². The predicted octanol–water partition coefficient (Wildman–Crippen LogP) is 9.00. The Morgan fingerprint density at radius 3 is 2.23 bits per heavy atom. The van der Waals surface area contributed by atoms with Crippen LogP contribution in [0.2, 0.25) is 10.0 Å². The van der Waals surface area contributed by atoms with Gasteiger partial charge in [0.25, 0.3) is 5.91 Å². The summed E-state index contributed by atoms with van der Waals surface area (Å²) in [6, 6.07) is 12.0. The summed E-state index contributed by atoms with van der Waals surface area (Å²) in [7, 11) is 1.32. The van der Waals surface area contributed by atoms with Crippen LogP contribution < -0.4 is 5.32 Å². The van der Waals surface area contributed by atoms with E-state index in [2.05, 4.69) is 10.3 Å². The van der Waals surface area contributed by atoms with Gasteiger partial charge in [-0.05, 0) is 67.3 Å². The summed E-state index contributed by atoms with van der Waals surface area (Å²) in [5.74, 6) is -1.41. The molecule has 0 aliphatic carbocycles.